The summed E-state index contributed by atoms with van der Waals surface area (Å²) in [5.41, 5.74) is 5.57. The number of benzene rings is 2. The number of carboxylic acid groups (broad SMARTS) is 1. The van der Waals surface area contributed by atoms with Gasteiger partial charge in [0, 0.05) is 33.2 Å². The molecule has 0 radical (unpaired) electrons. The van der Waals surface area contributed by atoms with E-state index in [0.29, 0.717) is 6.04 Å². The second-order valence-electron chi connectivity index (χ2n) is 9.05. The molecule has 1 atom stereocenters. The summed E-state index contributed by atoms with van der Waals surface area (Å²) in [5.74, 6) is -1.67. The lowest BCUT2D eigenvalue weighted by Crippen LogP contribution is -2.32. The molecule has 5 rings (SSSR count). The van der Waals surface area contributed by atoms with E-state index in [1.165, 1.54) is 23.9 Å². The molecule has 1 aliphatic rings. The van der Waals surface area contributed by atoms with Crippen LogP contribution in [0.1, 0.15) is 24.2 Å². The van der Waals surface area contributed by atoms with Gasteiger partial charge in [-0.2, -0.15) is 13.2 Å². The third-order valence-electron chi connectivity index (χ3n) is 6.70. The Bertz CT molecular complexity index is 1470. The lowest BCUT2D eigenvalue weighted by atomic mass is 10.1. The smallest absolute Gasteiger partial charge is 0.475 e. The number of fused-ring (bicyclic) bond motifs is 2. The quantitative estimate of drug-likeness (QED) is 0.458. The van der Waals surface area contributed by atoms with Crippen LogP contribution in [0.2, 0.25) is 0 Å². The fourth-order valence-electron chi connectivity index (χ4n) is 4.83. The van der Waals surface area contributed by atoms with Crippen LogP contribution < -0.4 is 5.69 Å². The summed E-state index contributed by atoms with van der Waals surface area (Å²) in [6, 6.07) is 15.3. The van der Waals surface area contributed by atoms with E-state index in [2.05, 4.69) is 52.8 Å². The number of carbonyl (C=O) groups is 1. The molecule has 8 nitrogen and oxygen atoms in total. The van der Waals surface area contributed by atoms with Crippen molar-refractivity contribution in [1.29, 1.82) is 0 Å². The standard InChI is InChI=1S/C23H27N5O.C2HF3O2/c1-16-24-19-8-4-5-9-20(19)28(16)15-18-7-6-12-27(18)14-17-10-11-21-22(13-17)26(3)23(29)25(21)2;3-2(4,5)1(6)7/h4-5,8-11,13,18H,6-7,12,14-15H2,1-3H3;(H,6,7). The summed E-state index contributed by atoms with van der Waals surface area (Å²) in [6.45, 7) is 5.10. The first kappa shape index (κ1) is 25.5. The van der Waals surface area contributed by atoms with Gasteiger partial charge in [-0.25, -0.2) is 14.6 Å². The average molecular weight is 504 g/mol. The molecule has 2 aromatic carbocycles. The van der Waals surface area contributed by atoms with Crippen molar-refractivity contribution in [3.05, 3.63) is 64.3 Å². The first-order chi connectivity index (χ1) is 17.0. The molecule has 3 heterocycles. The first-order valence-electron chi connectivity index (χ1n) is 11.6. The number of carboxylic acids is 1. The Kier molecular flexibility index (Phi) is 6.94. The van der Waals surface area contributed by atoms with Gasteiger partial charge in [0.25, 0.3) is 0 Å². The maximum Gasteiger partial charge on any atom is 0.490 e. The van der Waals surface area contributed by atoms with Crippen LogP contribution in [0.3, 0.4) is 0 Å². The number of rotatable bonds is 4. The molecular weight excluding hydrogens is 475 g/mol. The van der Waals surface area contributed by atoms with E-state index < -0.39 is 12.1 Å². The van der Waals surface area contributed by atoms with E-state index in [1.54, 1.807) is 9.13 Å². The molecule has 0 spiro atoms. The van der Waals surface area contributed by atoms with Gasteiger partial charge in [0.15, 0.2) is 0 Å². The Hall–Kier alpha value is -3.60. The van der Waals surface area contributed by atoms with Crippen LogP contribution >= 0.6 is 0 Å². The maximum atomic E-state index is 12.2. The molecule has 0 bridgehead atoms. The fourth-order valence-corrected chi connectivity index (χ4v) is 4.83. The highest BCUT2D eigenvalue weighted by atomic mass is 19.4. The lowest BCUT2D eigenvalue weighted by Gasteiger charge is -2.25. The van der Waals surface area contributed by atoms with E-state index >= 15 is 0 Å². The van der Waals surface area contributed by atoms with Gasteiger partial charge in [-0.15, -0.1) is 0 Å². The number of hydrogen-bond acceptors (Lipinski definition) is 4. The van der Waals surface area contributed by atoms with E-state index in [9.17, 15) is 18.0 Å². The lowest BCUT2D eigenvalue weighted by molar-refractivity contribution is -0.192. The monoisotopic (exact) mass is 503 g/mol. The fraction of sp³-hybridized carbons (Fsp3) is 0.400. The number of alkyl halides is 3. The van der Waals surface area contributed by atoms with E-state index in [0.717, 1.165) is 42.0 Å². The van der Waals surface area contributed by atoms with Crippen molar-refractivity contribution in [3.8, 4) is 0 Å². The Balaban J connectivity index is 0.000000384. The number of hydrogen-bond donors (Lipinski definition) is 1. The SMILES string of the molecule is Cc1nc2ccccc2n1CC1CCCN1Cc1ccc2c(c1)n(C)c(=O)n2C.O=C(O)C(F)(F)F. The number of aromatic nitrogens is 4. The second-order valence-corrected chi connectivity index (χ2v) is 9.05. The summed E-state index contributed by atoms with van der Waals surface area (Å²) < 4.78 is 37.6. The van der Waals surface area contributed by atoms with Crippen LogP contribution in [0.25, 0.3) is 22.1 Å². The Labute approximate surface area is 205 Å². The molecule has 36 heavy (non-hydrogen) atoms. The maximum absolute atomic E-state index is 12.2. The van der Waals surface area contributed by atoms with E-state index in [4.69, 9.17) is 14.9 Å². The van der Waals surface area contributed by atoms with E-state index in [1.807, 2.05) is 20.2 Å². The molecule has 0 saturated carbocycles. The van der Waals surface area contributed by atoms with Crippen molar-refractivity contribution in [3.63, 3.8) is 0 Å². The highest BCUT2D eigenvalue weighted by Gasteiger charge is 2.38. The number of likely N-dealkylation sites (tertiary alicyclic amines) is 1. The number of aryl methyl sites for hydroxylation is 3. The van der Waals surface area contributed by atoms with Crippen molar-refractivity contribution in [2.75, 3.05) is 6.54 Å². The summed E-state index contributed by atoms with van der Waals surface area (Å²) in [4.78, 5) is 28.4. The van der Waals surface area contributed by atoms with E-state index in [-0.39, 0.29) is 5.69 Å². The highest BCUT2D eigenvalue weighted by Crippen LogP contribution is 2.25. The minimum atomic E-state index is -5.08. The van der Waals surface area contributed by atoms with Crippen LogP contribution in [0, 0.1) is 6.92 Å². The predicted octanol–water partition coefficient (Wildman–Crippen LogP) is 3.83. The molecule has 2 aromatic heterocycles. The minimum absolute atomic E-state index is 0.0265. The molecule has 1 aliphatic heterocycles. The Morgan fingerprint density at radius 1 is 1.08 bits per heavy atom. The molecule has 4 aromatic rings. The molecule has 1 unspecified atom stereocenters. The van der Waals surface area contributed by atoms with Gasteiger partial charge in [0.2, 0.25) is 0 Å². The second kappa shape index (κ2) is 9.81. The van der Waals surface area contributed by atoms with Crippen molar-refractivity contribution < 1.29 is 23.1 Å². The van der Waals surface area contributed by atoms with Crippen LogP contribution in [0.5, 0.6) is 0 Å². The number of nitrogens with zero attached hydrogens (tertiary/aromatic N) is 5. The van der Waals surface area contributed by atoms with Gasteiger partial charge in [0.1, 0.15) is 5.82 Å². The average Bonchev–Trinajstić information content (AvgIpc) is 3.46. The van der Waals surface area contributed by atoms with Gasteiger partial charge in [-0.05, 0) is 56.1 Å². The van der Waals surface area contributed by atoms with Crippen LogP contribution in [-0.4, -0.2) is 53.4 Å². The minimum Gasteiger partial charge on any atom is -0.475 e. The normalized spacial score (nSPS) is 16.4. The van der Waals surface area contributed by atoms with Crippen LogP contribution in [-0.2, 0) is 32.0 Å². The van der Waals surface area contributed by atoms with Gasteiger partial charge in [-0.1, -0.05) is 18.2 Å². The molecular formula is C25H28F3N5O3. The Morgan fingerprint density at radius 3 is 2.44 bits per heavy atom. The van der Waals surface area contributed by atoms with Crippen molar-refractivity contribution in [2.45, 2.75) is 45.1 Å². The summed E-state index contributed by atoms with van der Waals surface area (Å²) in [7, 11) is 3.68. The first-order valence-corrected chi connectivity index (χ1v) is 11.6. The van der Waals surface area contributed by atoms with Gasteiger partial charge < -0.3 is 9.67 Å². The zero-order valence-corrected chi connectivity index (χ0v) is 20.3. The van der Waals surface area contributed by atoms with Crippen molar-refractivity contribution >= 4 is 28.0 Å². The van der Waals surface area contributed by atoms with Gasteiger partial charge in [-0.3, -0.25) is 14.0 Å². The molecule has 192 valence electrons. The summed E-state index contributed by atoms with van der Waals surface area (Å²) in [6.07, 6.45) is -2.65. The molecule has 1 N–H and O–H groups in total. The van der Waals surface area contributed by atoms with Gasteiger partial charge >= 0.3 is 17.8 Å². The van der Waals surface area contributed by atoms with Crippen LogP contribution in [0.15, 0.2) is 47.3 Å². The molecule has 11 heteroatoms. The van der Waals surface area contributed by atoms with Gasteiger partial charge in [0.05, 0.1) is 22.1 Å². The number of halogens is 3. The Morgan fingerprint density at radius 2 is 1.75 bits per heavy atom. The molecule has 0 amide bonds. The summed E-state index contributed by atoms with van der Waals surface area (Å²) in [5, 5.41) is 7.12. The third-order valence-corrected chi connectivity index (χ3v) is 6.70. The van der Waals surface area contributed by atoms with Crippen molar-refractivity contribution in [1.82, 2.24) is 23.6 Å². The van der Waals surface area contributed by atoms with Crippen LogP contribution in [0.4, 0.5) is 13.2 Å². The third kappa shape index (κ3) is 5.01. The zero-order valence-electron chi connectivity index (χ0n) is 20.3. The molecule has 1 saturated heterocycles. The zero-order chi connectivity index (χ0) is 26.2. The largest absolute Gasteiger partial charge is 0.490 e. The predicted molar refractivity (Wildman–Crippen MR) is 130 cm³/mol. The number of aliphatic carboxylic acids is 1. The number of imidazole rings is 2. The molecule has 1 fully saturated rings. The summed E-state index contributed by atoms with van der Waals surface area (Å²) >= 11 is 0. The highest BCUT2D eigenvalue weighted by molar-refractivity contribution is 5.77. The molecule has 0 aliphatic carbocycles. The topological polar surface area (TPSA) is 85.3 Å². The number of para-hydroxylation sites is 2. The van der Waals surface area contributed by atoms with Crippen molar-refractivity contribution in [2.24, 2.45) is 14.1 Å².